The summed E-state index contributed by atoms with van der Waals surface area (Å²) in [4.78, 5) is 0. The minimum absolute atomic E-state index is 0. The second-order valence-corrected chi connectivity index (χ2v) is 7.03. The molecule has 0 bridgehead atoms. The Hall–Kier alpha value is 0.400. The molecule has 0 saturated carbocycles. The molecule has 0 saturated heterocycles. The Morgan fingerprint density at radius 2 is 1.27 bits per heavy atom. The molecule has 0 N–H and O–H groups in total. The van der Waals surface area contributed by atoms with E-state index in [4.69, 9.17) is 4.74 Å². The van der Waals surface area contributed by atoms with Gasteiger partial charge in [-0.1, -0.05) is 54.4 Å². The van der Waals surface area contributed by atoms with Crippen LogP contribution in [-0.2, 0) is 4.74 Å². The zero-order valence-corrected chi connectivity index (χ0v) is 17.8. The first kappa shape index (κ1) is 24.6. The molecule has 22 heavy (non-hydrogen) atoms. The Morgan fingerprint density at radius 1 is 0.773 bits per heavy atom. The Kier molecular flexibility index (Phi) is 16.8. The molecule has 0 aromatic heterocycles. The summed E-state index contributed by atoms with van der Waals surface area (Å²) in [5.74, 6) is 0.641. The van der Waals surface area contributed by atoms with Crippen LogP contribution in [0, 0.1) is 5.92 Å². The molecule has 0 aliphatic rings. The maximum Gasteiger partial charge on any atom is 0.102 e. The van der Waals surface area contributed by atoms with E-state index < -0.39 is 0 Å². The van der Waals surface area contributed by atoms with Crippen molar-refractivity contribution < 1.29 is 26.2 Å². The number of ether oxygens (including phenoxy) is 1. The number of halogens is 1. The zero-order valence-electron chi connectivity index (χ0n) is 16.2. The molecule has 0 rings (SSSR count). The molecule has 0 aliphatic carbocycles. The van der Waals surface area contributed by atoms with Gasteiger partial charge in [-0.25, -0.2) is 0 Å². The van der Waals surface area contributed by atoms with Crippen LogP contribution >= 0.6 is 0 Å². The highest BCUT2D eigenvalue weighted by atomic mass is 79.9. The van der Waals surface area contributed by atoms with E-state index in [1.54, 1.807) is 0 Å². The van der Waals surface area contributed by atoms with Gasteiger partial charge >= 0.3 is 0 Å². The van der Waals surface area contributed by atoms with Gasteiger partial charge in [0, 0.05) is 0 Å². The highest BCUT2D eigenvalue weighted by Gasteiger charge is 2.25. The number of hydrogen-bond donors (Lipinski definition) is 0. The average molecular weight is 380 g/mol. The van der Waals surface area contributed by atoms with Crippen molar-refractivity contribution in [3.63, 3.8) is 0 Å². The maximum atomic E-state index is 6.28. The highest BCUT2D eigenvalue weighted by molar-refractivity contribution is 4.62. The van der Waals surface area contributed by atoms with E-state index in [1.807, 2.05) is 0 Å². The molecule has 1 atom stereocenters. The normalized spacial score (nSPS) is 13.2. The summed E-state index contributed by atoms with van der Waals surface area (Å²) in [5.41, 5.74) is 0. The molecule has 0 amide bonds. The van der Waals surface area contributed by atoms with Gasteiger partial charge in [0.25, 0.3) is 0 Å². The van der Waals surface area contributed by atoms with Crippen molar-refractivity contribution in [2.24, 2.45) is 5.92 Å². The predicted molar refractivity (Wildman–Crippen MR) is 94.7 cm³/mol. The van der Waals surface area contributed by atoms with Gasteiger partial charge in [0.1, 0.15) is 6.54 Å². The van der Waals surface area contributed by atoms with E-state index >= 15 is 0 Å². The van der Waals surface area contributed by atoms with E-state index in [2.05, 4.69) is 41.5 Å². The van der Waals surface area contributed by atoms with Crippen LogP contribution in [0.2, 0.25) is 0 Å². The van der Waals surface area contributed by atoms with Crippen molar-refractivity contribution in [3.05, 3.63) is 0 Å². The summed E-state index contributed by atoms with van der Waals surface area (Å²) in [6, 6.07) is 0. The monoisotopic (exact) mass is 379 g/mol. The van der Waals surface area contributed by atoms with Crippen LogP contribution in [0.5, 0.6) is 0 Å². The first-order chi connectivity index (χ1) is 10.0. The lowest BCUT2D eigenvalue weighted by molar-refractivity contribution is -0.928. The number of quaternary nitrogens is 1. The van der Waals surface area contributed by atoms with Crippen LogP contribution in [0.15, 0.2) is 0 Å². The predicted octanol–water partition coefficient (Wildman–Crippen LogP) is 2.27. The topological polar surface area (TPSA) is 9.23 Å². The summed E-state index contributed by atoms with van der Waals surface area (Å²) in [5, 5.41) is 0. The molecule has 3 heteroatoms. The van der Waals surface area contributed by atoms with Crippen LogP contribution in [0.1, 0.15) is 80.1 Å². The Balaban J connectivity index is 0. The Bertz CT molecular complexity index is 216. The second kappa shape index (κ2) is 15.0. The quantitative estimate of drug-likeness (QED) is 0.420. The largest absolute Gasteiger partial charge is 1.00 e. The molecule has 0 aromatic rings. The van der Waals surface area contributed by atoms with Crippen molar-refractivity contribution in [1.29, 1.82) is 0 Å². The van der Waals surface area contributed by atoms with Gasteiger partial charge in [-0.2, -0.15) is 0 Å². The Morgan fingerprint density at radius 3 is 1.64 bits per heavy atom. The molecule has 0 radical (unpaired) electrons. The van der Waals surface area contributed by atoms with Crippen molar-refractivity contribution in [2.45, 2.75) is 86.2 Å². The SMILES string of the molecule is CCCCC(OCC[N+](CCC)(CCC)CCC)C(C)C.[Br-]. The number of hydrogen-bond acceptors (Lipinski definition) is 1. The lowest BCUT2D eigenvalue weighted by Gasteiger charge is -2.39. The average Bonchev–Trinajstić information content (AvgIpc) is 2.43. The van der Waals surface area contributed by atoms with E-state index in [0.717, 1.165) is 6.61 Å². The lowest BCUT2D eigenvalue weighted by Crippen LogP contribution is -3.00. The molecule has 1 unspecified atom stereocenters. The van der Waals surface area contributed by atoms with E-state index in [9.17, 15) is 0 Å². The van der Waals surface area contributed by atoms with Crippen LogP contribution in [0.3, 0.4) is 0 Å². The smallest absolute Gasteiger partial charge is 0.102 e. The number of rotatable bonds is 14. The van der Waals surface area contributed by atoms with Gasteiger partial charge in [-0.3, -0.25) is 0 Å². The summed E-state index contributed by atoms with van der Waals surface area (Å²) in [6.07, 6.45) is 8.09. The molecular weight excluding hydrogens is 338 g/mol. The molecule has 0 aliphatic heterocycles. The highest BCUT2D eigenvalue weighted by Crippen LogP contribution is 2.16. The fourth-order valence-electron chi connectivity index (χ4n) is 3.51. The summed E-state index contributed by atoms with van der Waals surface area (Å²) >= 11 is 0. The van der Waals surface area contributed by atoms with Crippen LogP contribution in [-0.4, -0.2) is 43.4 Å². The lowest BCUT2D eigenvalue weighted by atomic mass is 10.0. The second-order valence-electron chi connectivity index (χ2n) is 7.03. The van der Waals surface area contributed by atoms with E-state index in [-0.39, 0.29) is 17.0 Å². The molecule has 0 heterocycles. The zero-order chi connectivity index (χ0) is 16.1. The van der Waals surface area contributed by atoms with E-state index in [1.165, 1.54) is 69.2 Å². The van der Waals surface area contributed by atoms with Gasteiger partial charge in [-0.15, -0.1) is 0 Å². The standard InChI is InChI=1S/C19H42NO.BrH/c1-7-11-12-19(18(5)6)21-17-16-20(13-8-2,14-9-3)15-10-4;/h18-19H,7-17H2,1-6H3;1H/q+1;/p-1. The first-order valence-corrected chi connectivity index (χ1v) is 9.51. The number of unbranched alkanes of at least 4 members (excludes halogenated alkanes) is 1. The van der Waals surface area contributed by atoms with Crippen molar-refractivity contribution in [3.8, 4) is 0 Å². The van der Waals surface area contributed by atoms with Crippen LogP contribution in [0.25, 0.3) is 0 Å². The van der Waals surface area contributed by atoms with Gasteiger partial charge in [0.15, 0.2) is 0 Å². The molecular formula is C19H42BrNO. The molecule has 0 fully saturated rings. The van der Waals surface area contributed by atoms with Gasteiger partial charge in [-0.05, 0) is 31.6 Å². The van der Waals surface area contributed by atoms with E-state index in [0.29, 0.717) is 12.0 Å². The van der Waals surface area contributed by atoms with Crippen molar-refractivity contribution in [2.75, 3.05) is 32.8 Å². The fourth-order valence-corrected chi connectivity index (χ4v) is 3.51. The number of nitrogens with zero attached hydrogens (tertiary/aromatic N) is 1. The van der Waals surface area contributed by atoms with Gasteiger partial charge in [0.2, 0.25) is 0 Å². The molecule has 0 spiro atoms. The van der Waals surface area contributed by atoms with Gasteiger partial charge < -0.3 is 26.2 Å². The summed E-state index contributed by atoms with van der Waals surface area (Å²) in [7, 11) is 0. The maximum absolute atomic E-state index is 6.28. The first-order valence-electron chi connectivity index (χ1n) is 9.51. The minimum Gasteiger partial charge on any atom is -1.00 e. The minimum atomic E-state index is 0. The molecule has 136 valence electrons. The third-order valence-electron chi connectivity index (χ3n) is 4.58. The molecule has 2 nitrogen and oxygen atoms in total. The summed E-state index contributed by atoms with van der Waals surface area (Å²) in [6.45, 7) is 19.9. The van der Waals surface area contributed by atoms with Crippen LogP contribution < -0.4 is 17.0 Å². The third kappa shape index (κ3) is 10.2. The summed E-state index contributed by atoms with van der Waals surface area (Å²) < 4.78 is 7.55. The van der Waals surface area contributed by atoms with Crippen molar-refractivity contribution in [1.82, 2.24) is 0 Å². The van der Waals surface area contributed by atoms with Crippen LogP contribution in [0.4, 0.5) is 0 Å². The van der Waals surface area contributed by atoms with Gasteiger partial charge in [0.05, 0.1) is 32.3 Å². The molecule has 0 aromatic carbocycles. The Labute approximate surface area is 151 Å². The third-order valence-corrected chi connectivity index (χ3v) is 4.58. The van der Waals surface area contributed by atoms with Crippen molar-refractivity contribution >= 4 is 0 Å². The fraction of sp³-hybridized carbons (Fsp3) is 1.00.